The van der Waals surface area contributed by atoms with E-state index in [0.717, 1.165) is 36.0 Å². The number of carbonyl (C=O) groups excluding carboxylic acids is 2. The Morgan fingerprint density at radius 1 is 0.867 bits per heavy atom. The van der Waals surface area contributed by atoms with Crippen molar-refractivity contribution in [2.45, 2.75) is 53.5 Å². The Labute approximate surface area is 180 Å². The number of imide groups is 1. The standard InChI is InChI=1S/C26H32N2O2/c1-5-7-11-16-28-25(29)23(22-15-14-19(3)20(4)17-22)24(26(28)30)27(6-2)18-21-12-9-8-10-13-21/h8-10,12-15,17H,5-7,11,16,18H2,1-4H3. The lowest BCUT2D eigenvalue weighted by Crippen LogP contribution is -2.35. The molecule has 0 unspecified atom stereocenters. The van der Waals surface area contributed by atoms with Gasteiger partial charge in [0.1, 0.15) is 5.70 Å². The summed E-state index contributed by atoms with van der Waals surface area (Å²) in [6, 6.07) is 16.1. The van der Waals surface area contributed by atoms with Gasteiger partial charge in [-0.3, -0.25) is 14.5 Å². The van der Waals surface area contributed by atoms with E-state index in [1.54, 1.807) is 0 Å². The molecule has 0 saturated heterocycles. The molecule has 0 N–H and O–H groups in total. The molecule has 30 heavy (non-hydrogen) atoms. The largest absolute Gasteiger partial charge is 0.362 e. The monoisotopic (exact) mass is 404 g/mol. The van der Waals surface area contributed by atoms with Gasteiger partial charge in [0, 0.05) is 19.6 Å². The van der Waals surface area contributed by atoms with E-state index >= 15 is 0 Å². The SMILES string of the molecule is CCCCCN1C(=O)C(c2ccc(C)c(C)c2)=C(N(CC)Cc2ccccc2)C1=O. The molecule has 3 rings (SSSR count). The average Bonchev–Trinajstić information content (AvgIpc) is 2.99. The van der Waals surface area contributed by atoms with Gasteiger partial charge in [-0.05, 0) is 49.4 Å². The van der Waals surface area contributed by atoms with E-state index in [2.05, 4.69) is 26.0 Å². The normalized spacial score (nSPS) is 14.1. The summed E-state index contributed by atoms with van der Waals surface area (Å²) in [4.78, 5) is 30.3. The third-order valence-electron chi connectivity index (χ3n) is 5.84. The van der Waals surface area contributed by atoms with Crippen LogP contribution in [0, 0.1) is 13.8 Å². The fourth-order valence-electron chi connectivity index (χ4n) is 3.89. The van der Waals surface area contributed by atoms with Crippen molar-refractivity contribution in [3.05, 3.63) is 76.5 Å². The summed E-state index contributed by atoms with van der Waals surface area (Å²) in [5.74, 6) is -0.331. The van der Waals surface area contributed by atoms with Crippen LogP contribution < -0.4 is 0 Å². The quantitative estimate of drug-likeness (QED) is 0.431. The van der Waals surface area contributed by atoms with Gasteiger partial charge in [-0.25, -0.2) is 0 Å². The van der Waals surface area contributed by atoms with Gasteiger partial charge in [-0.15, -0.1) is 0 Å². The summed E-state index contributed by atoms with van der Waals surface area (Å²) in [5.41, 5.74) is 5.32. The molecule has 0 spiro atoms. The number of hydrogen-bond donors (Lipinski definition) is 0. The number of nitrogens with zero attached hydrogens (tertiary/aromatic N) is 2. The maximum atomic E-state index is 13.4. The van der Waals surface area contributed by atoms with E-state index in [4.69, 9.17) is 0 Å². The summed E-state index contributed by atoms with van der Waals surface area (Å²) in [7, 11) is 0. The van der Waals surface area contributed by atoms with Crippen molar-refractivity contribution < 1.29 is 9.59 Å². The lowest BCUT2D eigenvalue weighted by molar-refractivity contribution is -0.137. The smallest absolute Gasteiger partial charge is 0.277 e. The second kappa shape index (κ2) is 9.75. The van der Waals surface area contributed by atoms with Crippen molar-refractivity contribution in [1.29, 1.82) is 0 Å². The molecule has 2 aromatic carbocycles. The second-order valence-corrected chi connectivity index (χ2v) is 7.99. The highest BCUT2D eigenvalue weighted by atomic mass is 16.2. The molecule has 0 atom stereocenters. The minimum atomic E-state index is -0.166. The highest BCUT2D eigenvalue weighted by molar-refractivity contribution is 6.35. The molecule has 0 saturated carbocycles. The maximum absolute atomic E-state index is 13.4. The number of carbonyl (C=O) groups is 2. The third kappa shape index (κ3) is 4.48. The molecule has 2 amide bonds. The Balaban J connectivity index is 2.05. The topological polar surface area (TPSA) is 40.6 Å². The van der Waals surface area contributed by atoms with Crippen molar-refractivity contribution in [3.8, 4) is 0 Å². The Kier molecular flexibility index (Phi) is 7.09. The van der Waals surface area contributed by atoms with Crippen LogP contribution in [0.5, 0.6) is 0 Å². The molecule has 0 radical (unpaired) electrons. The molecule has 4 nitrogen and oxygen atoms in total. The predicted octanol–water partition coefficient (Wildman–Crippen LogP) is 5.10. The molecule has 1 heterocycles. The number of likely N-dealkylation sites (N-methyl/N-ethyl adjacent to an activating group) is 1. The van der Waals surface area contributed by atoms with Crippen LogP contribution in [-0.4, -0.2) is 34.7 Å². The van der Waals surface area contributed by atoms with E-state index in [1.165, 1.54) is 10.5 Å². The zero-order valence-corrected chi connectivity index (χ0v) is 18.6. The molecule has 0 bridgehead atoms. The molecule has 0 aliphatic carbocycles. The van der Waals surface area contributed by atoms with Crippen LogP contribution in [0.25, 0.3) is 5.57 Å². The Bertz CT molecular complexity index is 947. The maximum Gasteiger partial charge on any atom is 0.277 e. The molecule has 4 heteroatoms. The lowest BCUT2D eigenvalue weighted by atomic mass is 9.99. The average molecular weight is 405 g/mol. The van der Waals surface area contributed by atoms with Crippen LogP contribution in [0.15, 0.2) is 54.2 Å². The van der Waals surface area contributed by atoms with E-state index in [0.29, 0.717) is 30.9 Å². The highest BCUT2D eigenvalue weighted by Gasteiger charge is 2.40. The first-order valence-electron chi connectivity index (χ1n) is 10.9. The Morgan fingerprint density at radius 3 is 2.23 bits per heavy atom. The van der Waals surface area contributed by atoms with Crippen molar-refractivity contribution in [2.75, 3.05) is 13.1 Å². The third-order valence-corrected chi connectivity index (χ3v) is 5.84. The van der Waals surface area contributed by atoms with Crippen LogP contribution in [0.2, 0.25) is 0 Å². The number of rotatable bonds is 9. The van der Waals surface area contributed by atoms with Gasteiger partial charge in [-0.2, -0.15) is 0 Å². The van der Waals surface area contributed by atoms with E-state index in [9.17, 15) is 9.59 Å². The van der Waals surface area contributed by atoms with Gasteiger partial charge in [0.05, 0.1) is 5.57 Å². The van der Waals surface area contributed by atoms with Crippen LogP contribution in [0.4, 0.5) is 0 Å². The summed E-state index contributed by atoms with van der Waals surface area (Å²) < 4.78 is 0. The van der Waals surface area contributed by atoms with Crippen molar-refractivity contribution in [1.82, 2.24) is 9.80 Å². The lowest BCUT2D eigenvalue weighted by Gasteiger charge is -2.25. The van der Waals surface area contributed by atoms with Crippen LogP contribution in [0.1, 0.15) is 55.4 Å². The molecular weight excluding hydrogens is 372 g/mol. The first kappa shape index (κ1) is 21.8. The summed E-state index contributed by atoms with van der Waals surface area (Å²) in [5, 5.41) is 0. The van der Waals surface area contributed by atoms with E-state index < -0.39 is 0 Å². The summed E-state index contributed by atoms with van der Waals surface area (Å²) in [6.07, 6.45) is 2.90. The fraction of sp³-hybridized carbons (Fsp3) is 0.385. The minimum absolute atomic E-state index is 0.165. The number of hydrogen-bond acceptors (Lipinski definition) is 3. The molecule has 0 aromatic heterocycles. The number of unbranched alkanes of at least 4 members (excludes halogenated alkanes) is 2. The van der Waals surface area contributed by atoms with Gasteiger partial charge in [-0.1, -0.05) is 68.3 Å². The first-order chi connectivity index (χ1) is 14.5. The van der Waals surface area contributed by atoms with Gasteiger partial charge < -0.3 is 4.90 Å². The summed E-state index contributed by atoms with van der Waals surface area (Å²) in [6.45, 7) is 9.99. The van der Waals surface area contributed by atoms with Gasteiger partial charge in [0.15, 0.2) is 0 Å². The van der Waals surface area contributed by atoms with Gasteiger partial charge in [0.25, 0.3) is 11.8 Å². The molecule has 2 aromatic rings. The van der Waals surface area contributed by atoms with Gasteiger partial charge >= 0.3 is 0 Å². The van der Waals surface area contributed by atoms with E-state index in [1.807, 2.05) is 55.1 Å². The summed E-state index contributed by atoms with van der Waals surface area (Å²) >= 11 is 0. The minimum Gasteiger partial charge on any atom is -0.362 e. The van der Waals surface area contributed by atoms with Crippen LogP contribution >= 0.6 is 0 Å². The van der Waals surface area contributed by atoms with Crippen molar-refractivity contribution >= 4 is 17.4 Å². The Morgan fingerprint density at radius 2 is 1.60 bits per heavy atom. The first-order valence-corrected chi connectivity index (χ1v) is 10.9. The number of amides is 2. The zero-order valence-electron chi connectivity index (χ0n) is 18.6. The van der Waals surface area contributed by atoms with E-state index in [-0.39, 0.29) is 11.8 Å². The number of aryl methyl sites for hydroxylation is 2. The second-order valence-electron chi connectivity index (χ2n) is 7.99. The molecule has 158 valence electrons. The zero-order chi connectivity index (χ0) is 21.7. The molecule has 1 aliphatic rings. The molecule has 1 aliphatic heterocycles. The van der Waals surface area contributed by atoms with Crippen LogP contribution in [-0.2, 0) is 16.1 Å². The fourth-order valence-corrected chi connectivity index (χ4v) is 3.89. The highest BCUT2D eigenvalue weighted by Crippen LogP contribution is 2.33. The van der Waals surface area contributed by atoms with Crippen molar-refractivity contribution in [3.63, 3.8) is 0 Å². The molecular formula is C26H32N2O2. The van der Waals surface area contributed by atoms with Crippen LogP contribution in [0.3, 0.4) is 0 Å². The Hall–Kier alpha value is -2.88. The molecule has 0 fully saturated rings. The van der Waals surface area contributed by atoms with Crippen molar-refractivity contribution in [2.24, 2.45) is 0 Å². The number of benzene rings is 2. The predicted molar refractivity (Wildman–Crippen MR) is 122 cm³/mol. The van der Waals surface area contributed by atoms with Gasteiger partial charge in [0.2, 0.25) is 0 Å².